The van der Waals surface area contributed by atoms with Crippen molar-refractivity contribution in [3.63, 3.8) is 0 Å². The molecular weight excluding hydrogens is 416 g/mol. The number of carbonyl (C=O) groups excluding carboxylic acids is 1. The van der Waals surface area contributed by atoms with E-state index in [1.54, 1.807) is 19.2 Å². The predicted octanol–water partition coefficient (Wildman–Crippen LogP) is 4.05. The van der Waals surface area contributed by atoms with Crippen LogP contribution >= 0.6 is 28.1 Å². The molecular formula is C19H21BrN2O3S. The van der Waals surface area contributed by atoms with Crippen LogP contribution < -0.4 is 20.1 Å². The van der Waals surface area contributed by atoms with Gasteiger partial charge in [0.25, 0.3) is 5.91 Å². The molecule has 0 radical (unpaired) electrons. The van der Waals surface area contributed by atoms with Gasteiger partial charge in [-0.15, -0.1) is 0 Å². The van der Waals surface area contributed by atoms with E-state index in [0.717, 1.165) is 15.8 Å². The largest absolute Gasteiger partial charge is 0.497 e. The zero-order valence-corrected chi connectivity index (χ0v) is 17.2. The summed E-state index contributed by atoms with van der Waals surface area (Å²) >= 11 is 8.60. The van der Waals surface area contributed by atoms with Gasteiger partial charge in [0.15, 0.2) is 5.11 Å². The highest BCUT2D eigenvalue weighted by Crippen LogP contribution is 2.24. The molecule has 2 rings (SSSR count). The van der Waals surface area contributed by atoms with Gasteiger partial charge < -0.3 is 14.8 Å². The molecule has 138 valence electrons. The summed E-state index contributed by atoms with van der Waals surface area (Å²) in [6, 6.07) is 12.9. The average Bonchev–Trinajstić information content (AvgIpc) is 2.61. The molecule has 0 aliphatic carbocycles. The second kappa shape index (κ2) is 9.54. The van der Waals surface area contributed by atoms with Gasteiger partial charge in [0.1, 0.15) is 11.5 Å². The fraction of sp³-hybridized carbons (Fsp3) is 0.263. The summed E-state index contributed by atoms with van der Waals surface area (Å²) in [6.45, 7) is 4.31. The van der Waals surface area contributed by atoms with Crippen molar-refractivity contribution in [3.05, 3.63) is 58.1 Å². The van der Waals surface area contributed by atoms with Crippen LogP contribution in [0.2, 0.25) is 0 Å². The second-order valence-corrected chi connectivity index (χ2v) is 7.12. The molecule has 2 aromatic carbocycles. The Morgan fingerprint density at radius 2 is 1.88 bits per heavy atom. The van der Waals surface area contributed by atoms with Crippen molar-refractivity contribution in [3.8, 4) is 11.5 Å². The van der Waals surface area contributed by atoms with Crippen LogP contribution in [0.5, 0.6) is 11.5 Å². The summed E-state index contributed by atoms with van der Waals surface area (Å²) in [5.74, 6) is 0.977. The van der Waals surface area contributed by atoms with Crippen molar-refractivity contribution in [2.24, 2.45) is 0 Å². The van der Waals surface area contributed by atoms with Crippen LogP contribution in [0.4, 0.5) is 0 Å². The third-order valence-corrected chi connectivity index (χ3v) is 4.13. The third-order valence-electron chi connectivity index (χ3n) is 3.39. The number of rotatable bonds is 6. The lowest BCUT2D eigenvalue weighted by Crippen LogP contribution is -2.39. The topological polar surface area (TPSA) is 59.6 Å². The number of carbonyl (C=O) groups is 1. The zero-order valence-electron chi connectivity index (χ0n) is 14.8. The molecule has 0 spiro atoms. The highest BCUT2D eigenvalue weighted by Gasteiger charge is 2.15. The number of hydrogen-bond donors (Lipinski definition) is 2. The van der Waals surface area contributed by atoms with Gasteiger partial charge in [-0.05, 0) is 62.0 Å². The molecule has 0 saturated carbocycles. The number of halogens is 1. The van der Waals surface area contributed by atoms with E-state index in [0.29, 0.717) is 17.9 Å². The molecule has 0 fully saturated rings. The molecule has 0 aromatic heterocycles. The maximum atomic E-state index is 12.5. The number of methoxy groups -OCH3 is 1. The summed E-state index contributed by atoms with van der Waals surface area (Å²) in [4.78, 5) is 12.5. The minimum Gasteiger partial charge on any atom is -0.497 e. The first-order chi connectivity index (χ1) is 12.4. The quantitative estimate of drug-likeness (QED) is 0.668. The van der Waals surface area contributed by atoms with Crippen molar-refractivity contribution in [1.29, 1.82) is 0 Å². The van der Waals surface area contributed by atoms with E-state index in [1.807, 2.05) is 44.2 Å². The molecule has 0 atom stereocenters. The highest BCUT2D eigenvalue weighted by atomic mass is 79.9. The summed E-state index contributed by atoms with van der Waals surface area (Å²) < 4.78 is 11.6. The zero-order chi connectivity index (χ0) is 19.1. The van der Waals surface area contributed by atoms with Crippen molar-refractivity contribution < 1.29 is 14.3 Å². The maximum Gasteiger partial charge on any atom is 0.261 e. The van der Waals surface area contributed by atoms with Gasteiger partial charge in [0.2, 0.25) is 0 Å². The molecule has 1 amide bonds. The molecule has 5 nitrogen and oxygen atoms in total. The number of hydrogen-bond acceptors (Lipinski definition) is 4. The Balaban J connectivity index is 1.98. The van der Waals surface area contributed by atoms with E-state index in [4.69, 9.17) is 21.7 Å². The van der Waals surface area contributed by atoms with Crippen LogP contribution in [0, 0.1) is 0 Å². The Labute approximate surface area is 167 Å². The Morgan fingerprint density at radius 3 is 2.50 bits per heavy atom. The van der Waals surface area contributed by atoms with E-state index in [1.165, 1.54) is 0 Å². The number of amides is 1. The third kappa shape index (κ3) is 6.00. The van der Waals surface area contributed by atoms with E-state index < -0.39 is 0 Å². The highest BCUT2D eigenvalue weighted by molar-refractivity contribution is 9.10. The predicted molar refractivity (Wildman–Crippen MR) is 110 cm³/mol. The number of nitrogens with one attached hydrogen (secondary N) is 2. The normalized spacial score (nSPS) is 10.3. The molecule has 2 N–H and O–H groups in total. The molecule has 7 heteroatoms. The first-order valence-corrected chi connectivity index (χ1v) is 9.27. The van der Waals surface area contributed by atoms with Crippen LogP contribution in [-0.4, -0.2) is 24.2 Å². The molecule has 0 bridgehead atoms. The van der Waals surface area contributed by atoms with Gasteiger partial charge in [-0.25, -0.2) is 0 Å². The Hall–Kier alpha value is -2.12. The first kappa shape index (κ1) is 20.2. The minimum absolute atomic E-state index is 0.0390. The monoisotopic (exact) mass is 436 g/mol. The summed E-state index contributed by atoms with van der Waals surface area (Å²) in [5, 5.41) is 5.96. The minimum atomic E-state index is -0.325. The molecule has 0 saturated heterocycles. The second-order valence-electron chi connectivity index (χ2n) is 5.79. The fourth-order valence-electron chi connectivity index (χ4n) is 2.18. The van der Waals surface area contributed by atoms with Crippen LogP contribution in [-0.2, 0) is 6.54 Å². The standard InChI is InChI=1S/C19H21BrN2O3S/c1-12(2)25-17-9-6-14(20)10-16(17)18(23)22-19(26)21-11-13-4-7-15(24-3)8-5-13/h4-10,12H,11H2,1-3H3,(H2,21,22,23,26). The van der Waals surface area contributed by atoms with Gasteiger partial charge in [-0.2, -0.15) is 0 Å². The Morgan fingerprint density at radius 1 is 1.19 bits per heavy atom. The van der Waals surface area contributed by atoms with Gasteiger partial charge in [-0.3, -0.25) is 10.1 Å². The molecule has 0 aliphatic heterocycles. The van der Waals surface area contributed by atoms with E-state index in [2.05, 4.69) is 26.6 Å². The van der Waals surface area contributed by atoms with E-state index in [-0.39, 0.29) is 17.1 Å². The molecule has 0 unspecified atom stereocenters. The lowest BCUT2D eigenvalue weighted by molar-refractivity contribution is 0.0971. The summed E-state index contributed by atoms with van der Waals surface area (Å²) in [7, 11) is 1.62. The van der Waals surface area contributed by atoms with Crippen LogP contribution in [0.3, 0.4) is 0 Å². The Bertz CT molecular complexity index is 779. The van der Waals surface area contributed by atoms with Gasteiger partial charge in [0.05, 0.1) is 18.8 Å². The summed E-state index contributed by atoms with van der Waals surface area (Å²) in [5.41, 5.74) is 1.44. The Kier molecular flexibility index (Phi) is 7.41. The van der Waals surface area contributed by atoms with Gasteiger partial charge >= 0.3 is 0 Å². The molecule has 2 aromatic rings. The average molecular weight is 437 g/mol. The van der Waals surface area contributed by atoms with E-state index in [9.17, 15) is 4.79 Å². The molecule has 26 heavy (non-hydrogen) atoms. The molecule has 0 heterocycles. The van der Waals surface area contributed by atoms with Crippen molar-refractivity contribution in [2.45, 2.75) is 26.5 Å². The number of ether oxygens (including phenoxy) is 2. The van der Waals surface area contributed by atoms with Crippen molar-refractivity contribution >= 4 is 39.2 Å². The first-order valence-electron chi connectivity index (χ1n) is 8.07. The van der Waals surface area contributed by atoms with Crippen molar-refractivity contribution in [2.75, 3.05) is 7.11 Å². The van der Waals surface area contributed by atoms with Crippen LogP contribution in [0.1, 0.15) is 29.8 Å². The fourth-order valence-corrected chi connectivity index (χ4v) is 2.70. The SMILES string of the molecule is COc1ccc(CNC(=S)NC(=O)c2cc(Br)ccc2OC(C)C)cc1. The number of benzene rings is 2. The van der Waals surface area contributed by atoms with Crippen LogP contribution in [0.25, 0.3) is 0 Å². The number of thiocarbonyl (C=S) groups is 1. The van der Waals surface area contributed by atoms with Crippen molar-refractivity contribution in [1.82, 2.24) is 10.6 Å². The van der Waals surface area contributed by atoms with Crippen LogP contribution in [0.15, 0.2) is 46.9 Å². The lowest BCUT2D eigenvalue weighted by atomic mass is 10.2. The maximum absolute atomic E-state index is 12.5. The van der Waals surface area contributed by atoms with Gasteiger partial charge in [-0.1, -0.05) is 28.1 Å². The lowest BCUT2D eigenvalue weighted by Gasteiger charge is -2.15. The molecule has 0 aliphatic rings. The van der Waals surface area contributed by atoms with Gasteiger partial charge in [0, 0.05) is 11.0 Å². The van der Waals surface area contributed by atoms with E-state index >= 15 is 0 Å². The smallest absolute Gasteiger partial charge is 0.261 e. The summed E-state index contributed by atoms with van der Waals surface area (Å²) in [6.07, 6.45) is -0.0390.